The highest BCUT2D eigenvalue weighted by molar-refractivity contribution is 14.1. The molecule has 0 aromatic heterocycles. The van der Waals surface area contributed by atoms with E-state index in [0.29, 0.717) is 17.0 Å². The number of carbonyl (C=O) groups is 2. The summed E-state index contributed by atoms with van der Waals surface area (Å²) in [5.74, 6) is 4.41. The number of benzene rings is 3. The Hall–Kier alpha value is -3.83. The Bertz CT molecular complexity index is 1420. The maximum Gasteiger partial charge on any atom is 0.338 e. The monoisotopic (exact) mass is 603 g/mol. The fourth-order valence-electron chi connectivity index (χ4n) is 4.03. The zero-order valence-electron chi connectivity index (χ0n) is 20.6. The number of rotatable bonds is 6. The normalized spacial score (nSPS) is 14.8. The summed E-state index contributed by atoms with van der Waals surface area (Å²) in [6.07, 6.45) is 0. The van der Waals surface area contributed by atoms with Crippen molar-refractivity contribution in [3.05, 3.63) is 122 Å². The molecule has 0 radical (unpaired) electrons. The Kier molecular flexibility index (Phi) is 8.81. The number of esters is 2. The largest absolute Gasteiger partial charge is 0.463 e. The third-order valence-electron chi connectivity index (χ3n) is 5.73. The Balaban J connectivity index is 1.82. The standard InChI is InChI=1S/C31H26INO4/c1-3-36-30(34)27-21(2)33-29(24-14-8-5-9-15-24)28(26(27)18-17-22-11-6-4-7-12-22)31(35)37-20-23-13-10-16-25(32)19-23/h4-16,19,26,33H,3,20H2,1-2H3/t26-/m1/s1. The smallest absolute Gasteiger partial charge is 0.338 e. The minimum Gasteiger partial charge on any atom is -0.463 e. The van der Waals surface area contributed by atoms with Gasteiger partial charge in [-0.25, -0.2) is 9.59 Å². The molecule has 0 aliphatic carbocycles. The van der Waals surface area contributed by atoms with Crippen LogP contribution in [-0.4, -0.2) is 18.5 Å². The van der Waals surface area contributed by atoms with Gasteiger partial charge in [-0.1, -0.05) is 72.5 Å². The molecule has 1 N–H and O–H groups in total. The van der Waals surface area contributed by atoms with E-state index in [4.69, 9.17) is 9.47 Å². The topological polar surface area (TPSA) is 64.6 Å². The Morgan fingerprint density at radius 3 is 2.24 bits per heavy atom. The molecule has 3 aromatic rings. The molecule has 4 rings (SSSR count). The zero-order chi connectivity index (χ0) is 26.2. The summed E-state index contributed by atoms with van der Waals surface area (Å²) in [6.45, 7) is 3.84. The van der Waals surface area contributed by atoms with Gasteiger partial charge in [0.15, 0.2) is 0 Å². The van der Waals surface area contributed by atoms with Gasteiger partial charge in [0.2, 0.25) is 0 Å². The molecule has 0 spiro atoms. The van der Waals surface area contributed by atoms with Gasteiger partial charge >= 0.3 is 11.9 Å². The molecule has 1 aliphatic heterocycles. The maximum absolute atomic E-state index is 13.7. The summed E-state index contributed by atoms with van der Waals surface area (Å²) in [7, 11) is 0. The van der Waals surface area contributed by atoms with Crippen molar-refractivity contribution in [2.75, 3.05) is 6.61 Å². The molecule has 1 atom stereocenters. The molecule has 0 saturated carbocycles. The lowest BCUT2D eigenvalue weighted by Crippen LogP contribution is -2.33. The van der Waals surface area contributed by atoms with E-state index in [9.17, 15) is 9.59 Å². The van der Waals surface area contributed by atoms with Crippen molar-refractivity contribution >= 4 is 40.2 Å². The molecule has 0 unspecified atom stereocenters. The number of halogens is 1. The molecule has 3 aromatic carbocycles. The number of hydrogen-bond donors (Lipinski definition) is 1. The second-order valence-corrected chi connectivity index (χ2v) is 9.56. The van der Waals surface area contributed by atoms with Gasteiger partial charge in [-0.3, -0.25) is 0 Å². The van der Waals surface area contributed by atoms with Crippen molar-refractivity contribution in [1.29, 1.82) is 0 Å². The molecule has 0 amide bonds. The van der Waals surface area contributed by atoms with Crippen molar-refractivity contribution in [1.82, 2.24) is 5.32 Å². The highest BCUT2D eigenvalue weighted by atomic mass is 127. The lowest BCUT2D eigenvalue weighted by atomic mass is 9.84. The van der Waals surface area contributed by atoms with E-state index in [2.05, 4.69) is 39.7 Å². The van der Waals surface area contributed by atoms with Gasteiger partial charge in [-0.2, -0.15) is 0 Å². The van der Waals surface area contributed by atoms with Crippen LogP contribution in [0.2, 0.25) is 0 Å². The van der Waals surface area contributed by atoms with Crippen molar-refractivity contribution in [2.45, 2.75) is 20.5 Å². The van der Waals surface area contributed by atoms with E-state index >= 15 is 0 Å². The summed E-state index contributed by atoms with van der Waals surface area (Å²) in [4.78, 5) is 26.8. The van der Waals surface area contributed by atoms with Crippen molar-refractivity contribution in [2.24, 2.45) is 5.92 Å². The van der Waals surface area contributed by atoms with E-state index in [1.165, 1.54) is 0 Å². The van der Waals surface area contributed by atoms with Crippen molar-refractivity contribution < 1.29 is 19.1 Å². The first kappa shape index (κ1) is 26.2. The molecule has 0 fully saturated rings. The SMILES string of the molecule is CCOC(=O)C1=C(C)NC(c2ccccc2)=C(C(=O)OCc2cccc(I)c2)[C@@H]1C#Cc1ccccc1. The number of carbonyl (C=O) groups excluding carboxylic acids is 2. The van der Waals surface area contributed by atoms with Gasteiger partial charge in [-0.05, 0) is 71.8 Å². The predicted octanol–water partition coefficient (Wildman–Crippen LogP) is 5.85. The van der Waals surface area contributed by atoms with Gasteiger partial charge in [0.1, 0.15) is 6.61 Å². The van der Waals surface area contributed by atoms with E-state index in [1.807, 2.05) is 84.9 Å². The highest BCUT2D eigenvalue weighted by Crippen LogP contribution is 2.35. The highest BCUT2D eigenvalue weighted by Gasteiger charge is 2.37. The first-order chi connectivity index (χ1) is 18.0. The van der Waals surface area contributed by atoms with Crippen LogP contribution in [0, 0.1) is 21.3 Å². The molecule has 1 aliphatic rings. The maximum atomic E-state index is 13.7. The number of allylic oxidation sites excluding steroid dienone is 1. The molecule has 6 heteroatoms. The van der Waals surface area contributed by atoms with Gasteiger partial charge in [0, 0.05) is 14.8 Å². The molecule has 186 valence electrons. The molecule has 37 heavy (non-hydrogen) atoms. The van der Waals surface area contributed by atoms with E-state index in [0.717, 1.165) is 20.3 Å². The van der Waals surface area contributed by atoms with Crippen LogP contribution in [0.5, 0.6) is 0 Å². The van der Waals surface area contributed by atoms with Gasteiger partial charge in [0.05, 0.1) is 29.4 Å². The average Bonchev–Trinajstić information content (AvgIpc) is 2.91. The van der Waals surface area contributed by atoms with Crippen LogP contribution in [0.3, 0.4) is 0 Å². The molecule has 5 nitrogen and oxygen atoms in total. The third-order valence-corrected chi connectivity index (χ3v) is 6.41. The summed E-state index contributed by atoms with van der Waals surface area (Å²) < 4.78 is 12.2. The number of hydrogen-bond acceptors (Lipinski definition) is 5. The number of dihydropyridines is 1. The third kappa shape index (κ3) is 6.49. The zero-order valence-corrected chi connectivity index (χ0v) is 22.7. The lowest BCUT2D eigenvalue weighted by Gasteiger charge is -2.29. The van der Waals surface area contributed by atoms with Crippen molar-refractivity contribution in [3.63, 3.8) is 0 Å². The number of nitrogens with one attached hydrogen (secondary N) is 1. The van der Waals surface area contributed by atoms with Crippen molar-refractivity contribution in [3.8, 4) is 11.8 Å². The first-order valence-corrected chi connectivity index (χ1v) is 13.0. The fraction of sp³-hybridized carbons (Fsp3) is 0.161. The quantitative estimate of drug-likeness (QED) is 0.218. The number of ether oxygens (including phenoxy) is 2. The summed E-state index contributed by atoms with van der Waals surface area (Å²) in [5, 5.41) is 3.28. The average molecular weight is 603 g/mol. The van der Waals surface area contributed by atoms with Crippen LogP contribution >= 0.6 is 22.6 Å². The summed E-state index contributed by atoms with van der Waals surface area (Å²) in [6, 6.07) is 26.7. The molecular weight excluding hydrogens is 577 g/mol. The van der Waals surface area contributed by atoms with E-state index < -0.39 is 17.9 Å². The fourth-order valence-corrected chi connectivity index (χ4v) is 4.64. The van der Waals surface area contributed by atoms with E-state index in [-0.39, 0.29) is 18.8 Å². The van der Waals surface area contributed by atoms with Crippen LogP contribution in [0.25, 0.3) is 5.70 Å². The Labute approximate surface area is 230 Å². The van der Waals surface area contributed by atoms with E-state index in [1.54, 1.807) is 13.8 Å². The minimum atomic E-state index is -0.848. The van der Waals surface area contributed by atoms with Crippen LogP contribution in [0.15, 0.2) is 102 Å². The molecular formula is C31H26INO4. The predicted molar refractivity (Wildman–Crippen MR) is 152 cm³/mol. The van der Waals surface area contributed by atoms with Gasteiger partial charge < -0.3 is 14.8 Å². The van der Waals surface area contributed by atoms with Crippen LogP contribution in [0.1, 0.15) is 30.5 Å². The van der Waals surface area contributed by atoms with Crippen LogP contribution in [0.4, 0.5) is 0 Å². The lowest BCUT2D eigenvalue weighted by molar-refractivity contribution is -0.140. The molecule has 0 saturated heterocycles. The van der Waals surface area contributed by atoms with Gasteiger partial charge in [-0.15, -0.1) is 0 Å². The summed E-state index contributed by atoms with van der Waals surface area (Å²) in [5.41, 5.74) is 4.15. The Morgan fingerprint density at radius 1 is 0.892 bits per heavy atom. The second-order valence-electron chi connectivity index (χ2n) is 8.31. The second kappa shape index (κ2) is 12.4. The molecule has 1 heterocycles. The Morgan fingerprint density at radius 2 is 1.57 bits per heavy atom. The summed E-state index contributed by atoms with van der Waals surface area (Å²) >= 11 is 2.22. The first-order valence-electron chi connectivity index (χ1n) is 11.9. The van der Waals surface area contributed by atoms with Crippen LogP contribution < -0.4 is 5.32 Å². The van der Waals surface area contributed by atoms with Gasteiger partial charge in [0.25, 0.3) is 0 Å². The van der Waals surface area contributed by atoms with Crippen LogP contribution in [-0.2, 0) is 25.7 Å². The molecule has 0 bridgehead atoms. The minimum absolute atomic E-state index is 0.0948.